The molecule has 0 bridgehead atoms. The zero-order chi connectivity index (χ0) is 12.3. The van der Waals surface area contributed by atoms with E-state index in [2.05, 4.69) is 6.92 Å². The lowest BCUT2D eigenvalue weighted by molar-refractivity contribution is 0.0206. The Bertz CT molecular complexity index is 248. The molecule has 94 valence electrons. The molecule has 4 nitrogen and oxygen atoms in total. The van der Waals surface area contributed by atoms with Crippen molar-refractivity contribution >= 4 is 6.09 Å². The number of nitrogens with zero attached hydrogens (tertiary/aromatic N) is 1. The lowest BCUT2D eigenvalue weighted by Gasteiger charge is -2.31. The van der Waals surface area contributed by atoms with Crippen LogP contribution in [0, 0.1) is 0 Å². The Hall–Kier alpha value is -0.770. The van der Waals surface area contributed by atoms with Crippen LogP contribution in [0.1, 0.15) is 47.0 Å². The van der Waals surface area contributed by atoms with E-state index in [9.17, 15) is 4.79 Å². The molecule has 16 heavy (non-hydrogen) atoms. The monoisotopic (exact) mass is 228 g/mol. The Kier molecular flexibility index (Phi) is 4.19. The standard InChI is InChI=1S/C12H24N2O2/c1-5-9(13)10-7-6-8-14(10)11(15)16-12(2,3)4/h9-10H,5-8,13H2,1-4H3/t9-,10+/m1/s1. The molecule has 0 spiro atoms. The van der Waals surface area contributed by atoms with Crippen molar-refractivity contribution in [2.45, 2.75) is 64.6 Å². The average molecular weight is 228 g/mol. The first-order valence-electron chi connectivity index (χ1n) is 6.10. The largest absolute Gasteiger partial charge is 0.444 e. The van der Waals surface area contributed by atoms with Gasteiger partial charge in [0.25, 0.3) is 0 Å². The quantitative estimate of drug-likeness (QED) is 0.787. The summed E-state index contributed by atoms with van der Waals surface area (Å²) in [5.74, 6) is 0. The smallest absolute Gasteiger partial charge is 0.410 e. The average Bonchev–Trinajstić information content (AvgIpc) is 2.62. The highest BCUT2D eigenvalue weighted by molar-refractivity contribution is 5.69. The van der Waals surface area contributed by atoms with Gasteiger partial charge in [-0.1, -0.05) is 6.92 Å². The molecular weight excluding hydrogens is 204 g/mol. The molecule has 1 rings (SSSR count). The summed E-state index contributed by atoms with van der Waals surface area (Å²) >= 11 is 0. The minimum atomic E-state index is -0.430. The summed E-state index contributed by atoms with van der Waals surface area (Å²) in [6, 6.07) is 0.217. The van der Waals surface area contributed by atoms with E-state index >= 15 is 0 Å². The van der Waals surface area contributed by atoms with Gasteiger partial charge < -0.3 is 15.4 Å². The Morgan fingerprint density at radius 2 is 2.19 bits per heavy atom. The molecule has 1 aliphatic heterocycles. The van der Waals surface area contributed by atoms with Gasteiger partial charge in [-0.25, -0.2) is 4.79 Å². The zero-order valence-electron chi connectivity index (χ0n) is 10.8. The van der Waals surface area contributed by atoms with Gasteiger partial charge >= 0.3 is 6.09 Å². The number of carbonyl (C=O) groups is 1. The Morgan fingerprint density at radius 1 is 1.56 bits per heavy atom. The molecule has 1 fully saturated rings. The minimum Gasteiger partial charge on any atom is -0.444 e. The molecule has 0 unspecified atom stereocenters. The summed E-state index contributed by atoms with van der Waals surface area (Å²) in [6.45, 7) is 8.48. The number of nitrogens with two attached hydrogens (primary N) is 1. The van der Waals surface area contributed by atoms with Crippen molar-refractivity contribution in [3.8, 4) is 0 Å². The number of carbonyl (C=O) groups excluding carboxylic acids is 1. The van der Waals surface area contributed by atoms with Crippen LogP contribution in [0.15, 0.2) is 0 Å². The maximum absolute atomic E-state index is 11.9. The normalized spacial score (nSPS) is 23.3. The van der Waals surface area contributed by atoms with Crippen LogP contribution in [0.5, 0.6) is 0 Å². The predicted molar refractivity (Wildman–Crippen MR) is 64.2 cm³/mol. The topological polar surface area (TPSA) is 55.6 Å². The Balaban J connectivity index is 2.61. The molecule has 1 heterocycles. The Morgan fingerprint density at radius 3 is 2.69 bits per heavy atom. The lowest BCUT2D eigenvalue weighted by atomic mass is 10.0. The van der Waals surface area contributed by atoms with E-state index < -0.39 is 5.60 Å². The number of ether oxygens (including phenoxy) is 1. The van der Waals surface area contributed by atoms with Gasteiger partial charge in [-0.2, -0.15) is 0 Å². The third-order valence-corrected chi connectivity index (χ3v) is 2.89. The Labute approximate surface area is 98.1 Å². The van der Waals surface area contributed by atoms with E-state index in [4.69, 9.17) is 10.5 Å². The molecule has 1 saturated heterocycles. The van der Waals surface area contributed by atoms with E-state index in [-0.39, 0.29) is 18.2 Å². The highest BCUT2D eigenvalue weighted by atomic mass is 16.6. The molecule has 1 amide bonds. The molecule has 1 aliphatic rings. The van der Waals surface area contributed by atoms with Crippen LogP contribution in [-0.4, -0.2) is 35.2 Å². The molecule has 0 aromatic carbocycles. The van der Waals surface area contributed by atoms with Gasteiger partial charge in [0.1, 0.15) is 5.60 Å². The second kappa shape index (κ2) is 5.04. The number of likely N-dealkylation sites (tertiary alicyclic amines) is 1. The highest BCUT2D eigenvalue weighted by Crippen LogP contribution is 2.23. The van der Waals surface area contributed by atoms with Gasteiger partial charge in [0.05, 0.1) is 6.04 Å². The summed E-state index contributed by atoms with van der Waals surface area (Å²) in [4.78, 5) is 13.7. The van der Waals surface area contributed by atoms with Gasteiger partial charge in [-0.3, -0.25) is 0 Å². The van der Waals surface area contributed by atoms with Crippen LogP contribution in [0.25, 0.3) is 0 Å². The number of rotatable bonds is 2. The minimum absolute atomic E-state index is 0.0648. The number of hydrogen-bond donors (Lipinski definition) is 1. The summed E-state index contributed by atoms with van der Waals surface area (Å²) in [5, 5.41) is 0. The van der Waals surface area contributed by atoms with Crippen LogP contribution in [0.2, 0.25) is 0 Å². The maximum atomic E-state index is 11.9. The first-order chi connectivity index (χ1) is 7.35. The molecule has 0 aromatic rings. The van der Waals surface area contributed by atoms with Crippen LogP contribution in [-0.2, 0) is 4.74 Å². The van der Waals surface area contributed by atoms with E-state index in [1.54, 1.807) is 4.90 Å². The number of hydrogen-bond acceptors (Lipinski definition) is 3. The molecule has 2 atom stereocenters. The second-order valence-electron chi connectivity index (χ2n) is 5.46. The molecule has 0 radical (unpaired) electrons. The SMILES string of the molecule is CC[C@@H](N)[C@@H]1CCCN1C(=O)OC(C)(C)C. The van der Waals surface area contributed by atoms with Crippen LogP contribution >= 0.6 is 0 Å². The van der Waals surface area contributed by atoms with Crippen molar-refractivity contribution in [1.82, 2.24) is 4.90 Å². The van der Waals surface area contributed by atoms with Crippen molar-refractivity contribution in [2.75, 3.05) is 6.54 Å². The van der Waals surface area contributed by atoms with Gasteiger partial charge in [-0.15, -0.1) is 0 Å². The third kappa shape index (κ3) is 3.37. The van der Waals surface area contributed by atoms with Crippen molar-refractivity contribution in [3.05, 3.63) is 0 Å². The maximum Gasteiger partial charge on any atom is 0.410 e. The van der Waals surface area contributed by atoms with E-state index in [1.165, 1.54) is 0 Å². The molecule has 4 heteroatoms. The third-order valence-electron chi connectivity index (χ3n) is 2.89. The first-order valence-corrected chi connectivity index (χ1v) is 6.10. The van der Waals surface area contributed by atoms with E-state index in [0.29, 0.717) is 0 Å². The van der Waals surface area contributed by atoms with Gasteiger partial charge in [0.15, 0.2) is 0 Å². The fourth-order valence-corrected chi connectivity index (χ4v) is 2.06. The molecular formula is C12H24N2O2. The van der Waals surface area contributed by atoms with Crippen LogP contribution in [0.3, 0.4) is 0 Å². The predicted octanol–water partition coefficient (Wildman–Crippen LogP) is 2.12. The molecule has 0 aromatic heterocycles. The molecule has 0 saturated carbocycles. The molecule has 0 aliphatic carbocycles. The van der Waals surface area contributed by atoms with Crippen molar-refractivity contribution in [2.24, 2.45) is 5.73 Å². The zero-order valence-corrected chi connectivity index (χ0v) is 10.8. The summed E-state index contributed by atoms with van der Waals surface area (Å²) < 4.78 is 5.38. The fraction of sp³-hybridized carbons (Fsp3) is 0.917. The van der Waals surface area contributed by atoms with E-state index in [1.807, 2.05) is 20.8 Å². The van der Waals surface area contributed by atoms with Crippen molar-refractivity contribution in [1.29, 1.82) is 0 Å². The fourth-order valence-electron chi connectivity index (χ4n) is 2.06. The van der Waals surface area contributed by atoms with E-state index in [0.717, 1.165) is 25.8 Å². The van der Waals surface area contributed by atoms with Gasteiger partial charge in [0, 0.05) is 12.6 Å². The van der Waals surface area contributed by atoms with Crippen molar-refractivity contribution in [3.63, 3.8) is 0 Å². The lowest BCUT2D eigenvalue weighted by Crippen LogP contribution is -2.48. The van der Waals surface area contributed by atoms with Crippen molar-refractivity contribution < 1.29 is 9.53 Å². The second-order valence-corrected chi connectivity index (χ2v) is 5.46. The van der Waals surface area contributed by atoms with Gasteiger partial charge in [0.2, 0.25) is 0 Å². The highest BCUT2D eigenvalue weighted by Gasteiger charge is 2.34. The first kappa shape index (κ1) is 13.3. The number of amides is 1. The van der Waals surface area contributed by atoms with Crippen LogP contribution < -0.4 is 5.73 Å². The van der Waals surface area contributed by atoms with Gasteiger partial charge in [-0.05, 0) is 40.0 Å². The summed E-state index contributed by atoms with van der Waals surface area (Å²) in [5.41, 5.74) is 5.59. The molecule has 2 N–H and O–H groups in total. The van der Waals surface area contributed by atoms with Crippen LogP contribution in [0.4, 0.5) is 4.79 Å². The summed E-state index contributed by atoms with van der Waals surface area (Å²) in [6.07, 6.45) is 2.69. The summed E-state index contributed by atoms with van der Waals surface area (Å²) in [7, 11) is 0.